The van der Waals surface area contributed by atoms with Crippen LogP contribution in [0.1, 0.15) is 41.5 Å². The second kappa shape index (κ2) is 8.02. The molecule has 1 aliphatic rings. The molecule has 25 heavy (non-hydrogen) atoms. The molecule has 1 aromatic heterocycles. The van der Waals surface area contributed by atoms with E-state index in [0.29, 0.717) is 5.92 Å². The van der Waals surface area contributed by atoms with Crippen LogP contribution in [0.25, 0.3) is 5.69 Å². The molecule has 2 heterocycles. The number of carbonyl (C=O) groups is 1. The number of aryl methyl sites for hydroxylation is 2. The van der Waals surface area contributed by atoms with Crippen molar-refractivity contribution in [2.75, 3.05) is 13.1 Å². The SMILES string of the molecule is Cc1cc(C)n(-c2ccc(C(=O)N3CCCC(C(C)N)C3)cc2)n1.Cl. The predicted octanol–water partition coefficient (Wildman–Crippen LogP) is 3.11. The fourth-order valence-corrected chi connectivity index (χ4v) is 3.44. The van der Waals surface area contributed by atoms with Gasteiger partial charge in [-0.1, -0.05) is 0 Å². The summed E-state index contributed by atoms with van der Waals surface area (Å²) in [5, 5.41) is 4.48. The lowest BCUT2D eigenvalue weighted by atomic mass is 9.92. The molecule has 3 rings (SSSR count). The number of hydrogen-bond acceptors (Lipinski definition) is 3. The first kappa shape index (κ1) is 19.5. The van der Waals surface area contributed by atoms with Crippen LogP contribution >= 0.6 is 12.4 Å². The maximum atomic E-state index is 12.7. The number of benzene rings is 1. The molecule has 0 radical (unpaired) electrons. The topological polar surface area (TPSA) is 64.2 Å². The fourth-order valence-electron chi connectivity index (χ4n) is 3.44. The second-order valence-corrected chi connectivity index (χ2v) is 6.90. The first-order chi connectivity index (χ1) is 11.5. The molecule has 2 aromatic rings. The van der Waals surface area contributed by atoms with Crippen molar-refractivity contribution >= 4 is 18.3 Å². The number of nitrogens with two attached hydrogens (primary N) is 1. The Balaban J connectivity index is 0.00000225. The minimum atomic E-state index is 0. The molecule has 0 spiro atoms. The second-order valence-electron chi connectivity index (χ2n) is 6.90. The number of carbonyl (C=O) groups excluding carboxylic acids is 1. The molecule has 1 amide bonds. The molecule has 0 bridgehead atoms. The Hall–Kier alpha value is -1.85. The summed E-state index contributed by atoms with van der Waals surface area (Å²) in [6.45, 7) is 7.62. The van der Waals surface area contributed by atoms with E-state index in [1.165, 1.54) is 0 Å². The number of likely N-dealkylation sites (tertiary alicyclic amines) is 1. The van der Waals surface area contributed by atoms with Crippen molar-refractivity contribution in [3.8, 4) is 5.69 Å². The zero-order chi connectivity index (χ0) is 17.3. The van der Waals surface area contributed by atoms with E-state index in [2.05, 4.69) is 5.10 Å². The third-order valence-electron chi connectivity index (χ3n) is 4.86. The van der Waals surface area contributed by atoms with Gasteiger partial charge in [-0.2, -0.15) is 5.10 Å². The van der Waals surface area contributed by atoms with Gasteiger partial charge in [-0.25, -0.2) is 4.68 Å². The van der Waals surface area contributed by atoms with Crippen LogP contribution in [0.3, 0.4) is 0 Å². The van der Waals surface area contributed by atoms with Gasteiger partial charge in [0.2, 0.25) is 0 Å². The van der Waals surface area contributed by atoms with Crippen LogP contribution in [-0.2, 0) is 0 Å². The van der Waals surface area contributed by atoms with Crippen molar-refractivity contribution in [3.63, 3.8) is 0 Å². The number of amides is 1. The highest BCUT2D eigenvalue weighted by atomic mass is 35.5. The first-order valence-electron chi connectivity index (χ1n) is 8.64. The molecule has 5 nitrogen and oxygen atoms in total. The molecule has 6 heteroatoms. The zero-order valence-corrected chi connectivity index (χ0v) is 15.9. The predicted molar refractivity (Wildman–Crippen MR) is 103 cm³/mol. The van der Waals surface area contributed by atoms with Gasteiger partial charge in [0.15, 0.2) is 0 Å². The zero-order valence-electron chi connectivity index (χ0n) is 15.1. The van der Waals surface area contributed by atoms with Crippen molar-refractivity contribution in [2.45, 2.75) is 39.7 Å². The van der Waals surface area contributed by atoms with E-state index < -0.39 is 0 Å². The Bertz CT molecular complexity index is 724. The molecule has 1 aromatic carbocycles. The Morgan fingerprint density at radius 1 is 1.28 bits per heavy atom. The van der Waals surface area contributed by atoms with Crippen LogP contribution in [0.15, 0.2) is 30.3 Å². The lowest BCUT2D eigenvalue weighted by molar-refractivity contribution is 0.0661. The van der Waals surface area contributed by atoms with Gasteiger partial charge in [-0.05, 0) is 69.9 Å². The van der Waals surface area contributed by atoms with Crippen LogP contribution < -0.4 is 5.73 Å². The Morgan fingerprint density at radius 3 is 2.52 bits per heavy atom. The largest absolute Gasteiger partial charge is 0.338 e. The van der Waals surface area contributed by atoms with Gasteiger partial charge in [0.25, 0.3) is 5.91 Å². The number of piperidine rings is 1. The highest BCUT2D eigenvalue weighted by Gasteiger charge is 2.26. The maximum Gasteiger partial charge on any atom is 0.253 e. The van der Waals surface area contributed by atoms with Gasteiger partial charge < -0.3 is 10.6 Å². The van der Waals surface area contributed by atoms with Crippen molar-refractivity contribution < 1.29 is 4.79 Å². The van der Waals surface area contributed by atoms with Crippen molar-refractivity contribution in [3.05, 3.63) is 47.3 Å². The Morgan fingerprint density at radius 2 is 1.96 bits per heavy atom. The molecule has 2 atom stereocenters. The Kier molecular flexibility index (Phi) is 6.25. The summed E-state index contributed by atoms with van der Waals surface area (Å²) >= 11 is 0. The van der Waals surface area contributed by atoms with Crippen LogP contribution in [-0.4, -0.2) is 39.7 Å². The van der Waals surface area contributed by atoms with Gasteiger partial charge in [0.05, 0.1) is 11.4 Å². The summed E-state index contributed by atoms with van der Waals surface area (Å²) < 4.78 is 1.90. The molecule has 1 aliphatic heterocycles. The molecule has 136 valence electrons. The van der Waals surface area contributed by atoms with E-state index in [-0.39, 0.29) is 24.4 Å². The molecule has 0 saturated carbocycles. The normalized spacial score (nSPS) is 18.6. The lowest BCUT2D eigenvalue weighted by Gasteiger charge is -2.34. The number of aromatic nitrogens is 2. The summed E-state index contributed by atoms with van der Waals surface area (Å²) in [4.78, 5) is 14.7. The van der Waals surface area contributed by atoms with E-state index in [4.69, 9.17) is 5.73 Å². The highest BCUT2D eigenvalue weighted by Crippen LogP contribution is 2.21. The quantitative estimate of drug-likeness (QED) is 0.912. The number of halogens is 1. The number of rotatable bonds is 3. The van der Waals surface area contributed by atoms with Crippen LogP contribution in [0.5, 0.6) is 0 Å². The van der Waals surface area contributed by atoms with Crippen molar-refractivity contribution in [2.24, 2.45) is 11.7 Å². The molecule has 0 aliphatic carbocycles. The fraction of sp³-hybridized carbons (Fsp3) is 0.474. The molecular formula is C19H27ClN4O. The van der Waals surface area contributed by atoms with Gasteiger partial charge in [0, 0.05) is 30.4 Å². The van der Waals surface area contributed by atoms with E-state index in [9.17, 15) is 4.79 Å². The van der Waals surface area contributed by atoms with E-state index in [1.54, 1.807) is 0 Å². The minimum Gasteiger partial charge on any atom is -0.338 e. The monoisotopic (exact) mass is 362 g/mol. The van der Waals surface area contributed by atoms with Crippen LogP contribution in [0.4, 0.5) is 0 Å². The Labute approximate surface area is 155 Å². The van der Waals surface area contributed by atoms with Crippen molar-refractivity contribution in [1.82, 2.24) is 14.7 Å². The van der Waals surface area contributed by atoms with E-state index in [1.807, 2.05) is 60.7 Å². The standard InChI is InChI=1S/C19H26N4O.ClH/c1-13-11-14(2)23(21-13)18-8-6-16(7-9-18)19(24)22-10-4-5-17(12-22)15(3)20;/h6-9,11,15,17H,4-5,10,12,20H2,1-3H3;1H. The molecule has 1 saturated heterocycles. The molecule has 2 N–H and O–H groups in total. The summed E-state index contributed by atoms with van der Waals surface area (Å²) in [6.07, 6.45) is 2.14. The van der Waals surface area contributed by atoms with Crippen molar-refractivity contribution in [1.29, 1.82) is 0 Å². The molecular weight excluding hydrogens is 336 g/mol. The average molecular weight is 363 g/mol. The van der Waals surface area contributed by atoms with Gasteiger partial charge in [0.1, 0.15) is 0 Å². The third kappa shape index (κ3) is 4.22. The van der Waals surface area contributed by atoms with E-state index >= 15 is 0 Å². The first-order valence-corrected chi connectivity index (χ1v) is 8.64. The minimum absolute atomic E-state index is 0. The van der Waals surface area contributed by atoms with Crippen LogP contribution in [0.2, 0.25) is 0 Å². The van der Waals surface area contributed by atoms with Crippen LogP contribution in [0, 0.1) is 19.8 Å². The maximum absolute atomic E-state index is 12.7. The number of nitrogens with zero attached hydrogens (tertiary/aromatic N) is 3. The summed E-state index contributed by atoms with van der Waals surface area (Å²) in [5.41, 5.74) is 9.80. The third-order valence-corrected chi connectivity index (χ3v) is 4.86. The molecule has 2 unspecified atom stereocenters. The smallest absolute Gasteiger partial charge is 0.253 e. The summed E-state index contributed by atoms with van der Waals surface area (Å²) in [7, 11) is 0. The summed E-state index contributed by atoms with van der Waals surface area (Å²) in [5.74, 6) is 0.497. The van der Waals surface area contributed by atoms with Gasteiger partial charge in [-0.15, -0.1) is 12.4 Å². The lowest BCUT2D eigenvalue weighted by Crippen LogP contribution is -2.45. The highest BCUT2D eigenvalue weighted by molar-refractivity contribution is 5.94. The molecule has 1 fully saturated rings. The number of hydrogen-bond donors (Lipinski definition) is 1. The van der Waals surface area contributed by atoms with E-state index in [0.717, 1.165) is 48.6 Å². The average Bonchev–Trinajstić information content (AvgIpc) is 2.93. The van der Waals surface area contributed by atoms with Gasteiger partial charge >= 0.3 is 0 Å². The van der Waals surface area contributed by atoms with Gasteiger partial charge in [-0.3, -0.25) is 4.79 Å². The summed E-state index contributed by atoms with van der Waals surface area (Å²) in [6, 6.07) is 9.88.